The summed E-state index contributed by atoms with van der Waals surface area (Å²) in [6.45, 7) is 3.36. The maximum atomic E-state index is 12.8. The molecular weight excluding hydrogens is 672 g/mol. The van der Waals surface area contributed by atoms with Crippen LogP contribution in [0, 0.1) is 6.92 Å². The van der Waals surface area contributed by atoms with E-state index in [2.05, 4.69) is 10.6 Å². The second-order valence-electron chi connectivity index (χ2n) is 12.6. The highest BCUT2D eigenvalue weighted by molar-refractivity contribution is 6.04. The first-order valence-corrected chi connectivity index (χ1v) is 17.4. The first kappa shape index (κ1) is 39.8. The largest absolute Gasteiger partial charge is 0.490 e. The van der Waals surface area contributed by atoms with E-state index in [-0.39, 0.29) is 30.9 Å². The molecular formula is C37H50N6O9. The number of piperidine rings is 1. The molecule has 0 aliphatic carbocycles. The molecule has 0 saturated carbocycles. The number of benzene rings is 2. The number of carbonyl (C=O) groups excluding carboxylic acids is 3. The Morgan fingerprint density at radius 3 is 2.54 bits per heavy atom. The fraction of sp³-hybridized carbons (Fsp3) is 0.459. The number of anilines is 3. The van der Waals surface area contributed by atoms with E-state index in [1.807, 2.05) is 6.92 Å². The second-order valence-corrected chi connectivity index (χ2v) is 12.6. The third-order valence-corrected chi connectivity index (χ3v) is 8.59. The molecule has 0 spiro atoms. The van der Waals surface area contributed by atoms with E-state index < -0.39 is 31.7 Å². The minimum atomic E-state index is -1.30. The molecule has 7 N–H and O–H groups in total. The third-order valence-electron chi connectivity index (χ3n) is 8.59. The maximum absolute atomic E-state index is 12.8. The number of carbonyl (C=O) groups is 3. The molecule has 282 valence electrons. The number of rotatable bonds is 19. The average molecular weight is 723 g/mol. The summed E-state index contributed by atoms with van der Waals surface area (Å²) in [7, 11) is 1.71. The van der Waals surface area contributed by atoms with Gasteiger partial charge < -0.3 is 55.4 Å². The van der Waals surface area contributed by atoms with Crippen LogP contribution in [0.5, 0.6) is 11.5 Å². The molecule has 1 aromatic heterocycles. The molecule has 2 aromatic carbocycles. The van der Waals surface area contributed by atoms with Crippen molar-refractivity contribution in [3.05, 3.63) is 59.9 Å². The SMILES string of the molecule is CCC(Oc1cc(C)c(N=CC2CCCCN2C=O)cc1OCCCC(=O)Nc1cc(C(=O)Nc2ccc(N)cc2)n(C)c1)OC(CO)C(O)CO. The van der Waals surface area contributed by atoms with E-state index in [4.69, 9.17) is 24.9 Å². The number of hydrogen-bond acceptors (Lipinski definition) is 11. The van der Waals surface area contributed by atoms with Crippen LogP contribution in [0.15, 0.2) is 53.7 Å². The molecule has 15 heteroatoms. The predicted molar refractivity (Wildman–Crippen MR) is 197 cm³/mol. The van der Waals surface area contributed by atoms with Crippen molar-refractivity contribution < 1.29 is 43.9 Å². The molecule has 52 heavy (non-hydrogen) atoms. The summed E-state index contributed by atoms with van der Waals surface area (Å²) in [5, 5.41) is 34.7. The summed E-state index contributed by atoms with van der Waals surface area (Å²) in [6.07, 6.45) is 4.57. The molecule has 1 aliphatic rings. The van der Waals surface area contributed by atoms with Crippen molar-refractivity contribution in [3.63, 3.8) is 0 Å². The third kappa shape index (κ3) is 11.3. The first-order chi connectivity index (χ1) is 25.0. The number of hydrogen-bond donors (Lipinski definition) is 6. The lowest BCUT2D eigenvalue weighted by molar-refractivity contribution is -0.170. The Balaban J connectivity index is 1.41. The van der Waals surface area contributed by atoms with Crippen LogP contribution < -0.4 is 25.8 Å². The van der Waals surface area contributed by atoms with Gasteiger partial charge in [-0.3, -0.25) is 19.4 Å². The van der Waals surface area contributed by atoms with Crippen LogP contribution in [0.1, 0.15) is 61.5 Å². The van der Waals surface area contributed by atoms with Crippen molar-refractivity contribution in [2.24, 2.45) is 12.0 Å². The molecule has 3 amide bonds. The Kier molecular flexibility index (Phi) is 15.0. The van der Waals surface area contributed by atoms with Crippen molar-refractivity contribution >= 4 is 47.2 Å². The van der Waals surface area contributed by atoms with Crippen molar-refractivity contribution in [3.8, 4) is 11.5 Å². The molecule has 1 aliphatic heterocycles. The number of nitrogens with one attached hydrogen (secondary N) is 2. The van der Waals surface area contributed by atoms with Crippen LogP contribution in [0.2, 0.25) is 0 Å². The second kappa shape index (κ2) is 19.6. The van der Waals surface area contributed by atoms with E-state index >= 15 is 0 Å². The fourth-order valence-electron chi connectivity index (χ4n) is 5.61. The molecule has 1 saturated heterocycles. The number of aryl methyl sites for hydroxylation is 2. The molecule has 4 rings (SSSR count). The van der Waals surface area contributed by atoms with E-state index in [1.165, 1.54) is 0 Å². The molecule has 2 heterocycles. The normalized spacial score (nSPS) is 16.3. The lowest BCUT2D eigenvalue weighted by Gasteiger charge is -2.29. The summed E-state index contributed by atoms with van der Waals surface area (Å²) >= 11 is 0. The number of nitrogens with two attached hydrogens (primary N) is 1. The highest BCUT2D eigenvalue weighted by atomic mass is 16.7. The van der Waals surface area contributed by atoms with E-state index in [1.54, 1.807) is 78.3 Å². The molecule has 0 bridgehead atoms. The number of aliphatic imine (C=N–C) groups is 1. The van der Waals surface area contributed by atoms with Gasteiger partial charge in [-0.25, -0.2) is 0 Å². The number of likely N-dealkylation sites (tertiary alicyclic amines) is 1. The van der Waals surface area contributed by atoms with Crippen LogP contribution in [0.3, 0.4) is 0 Å². The van der Waals surface area contributed by atoms with Crippen molar-refractivity contribution in [1.82, 2.24) is 9.47 Å². The number of aliphatic hydroxyl groups is 3. The smallest absolute Gasteiger partial charge is 0.272 e. The van der Waals surface area contributed by atoms with Gasteiger partial charge in [0.15, 0.2) is 17.8 Å². The molecule has 3 aromatic rings. The van der Waals surface area contributed by atoms with Gasteiger partial charge in [0, 0.05) is 56.3 Å². The first-order valence-electron chi connectivity index (χ1n) is 17.4. The Morgan fingerprint density at radius 2 is 1.85 bits per heavy atom. The van der Waals surface area contributed by atoms with Gasteiger partial charge in [0.2, 0.25) is 12.3 Å². The Hall–Kier alpha value is -4.96. The zero-order valence-electron chi connectivity index (χ0n) is 29.9. The molecule has 0 radical (unpaired) electrons. The lowest BCUT2D eigenvalue weighted by atomic mass is 10.0. The zero-order chi connectivity index (χ0) is 37.6. The zero-order valence-corrected chi connectivity index (χ0v) is 29.9. The van der Waals surface area contributed by atoms with Gasteiger partial charge in [0.05, 0.1) is 37.2 Å². The number of aliphatic hydroxyl groups excluding tert-OH is 3. The van der Waals surface area contributed by atoms with Gasteiger partial charge in [-0.15, -0.1) is 0 Å². The average Bonchev–Trinajstić information content (AvgIpc) is 3.51. The van der Waals surface area contributed by atoms with Gasteiger partial charge in [-0.1, -0.05) is 6.92 Å². The molecule has 1 fully saturated rings. The minimum absolute atomic E-state index is 0.116. The van der Waals surface area contributed by atoms with Crippen LogP contribution in [-0.2, 0) is 21.4 Å². The number of ether oxygens (including phenoxy) is 3. The van der Waals surface area contributed by atoms with Crippen LogP contribution in [0.4, 0.5) is 22.7 Å². The monoisotopic (exact) mass is 722 g/mol. The summed E-state index contributed by atoms with van der Waals surface area (Å²) in [5.41, 5.74) is 9.09. The van der Waals surface area contributed by atoms with Crippen LogP contribution >= 0.6 is 0 Å². The highest BCUT2D eigenvalue weighted by Gasteiger charge is 2.25. The molecule has 4 atom stereocenters. The summed E-state index contributed by atoms with van der Waals surface area (Å²) in [4.78, 5) is 43.7. The maximum Gasteiger partial charge on any atom is 0.272 e. The van der Waals surface area contributed by atoms with Gasteiger partial charge in [-0.2, -0.15) is 0 Å². The Morgan fingerprint density at radius 1 is 1.08 bits per heavy atom. The van der Waals surface area contributed by atoms with E-state index in [9.17, 15) is 29.7 Å². The van der Waals surface area contributed by atoms with Gasteiger partial charge in [0.1, 0.15) is 17.9 Å². The summed E-state index contributed by atoms with van der Waals surface area (Å²) < 4.78 is 19.7. The number of nitrogens with zero attached hydrogens (tertiary/aromatic N) is 3. The molecule has 4 unspecified atom stereocenters. The quantitative estimate of drug-likeness (QED) is 0.0349. The van der Waals surface area contributed by atoms with E-state index in [0.29, 0.717) is 59.3 Å². The topological polar surface area (TPSA) is 210 Å². The number of amides is 3. The van der Waals surface area contributed by atoms with Gasteiger partial charge >= 0.3 is 0 Å². The molecule has 15 nitrogen and oxygen atoms in total. The minimum Gasteiger partial charge on any atom is -0.490 e. The summed E-state index contributed by atoms with van der Waals surface area (Å²) in [5.74, 6) is 0.0471. The van der Waals surface area contributed by atoms with Crippen LogP contribution in [0.25, 0.3) is 0 Å². The summed E-state index contributed by atoms with van der Waals surface area (Å²) in [6, 6.07) is 11.7. The highest BCUT2D eigenvalue weighted by Crippen LogP contribution is 2.36. The van der Waals surface area contributed by atoms with Crippen LogP contribution in [-0.4, -0.2) is 100 Å². The standard InChI is InChI=1S/C37H50N6O9/c1-4-36(52-34(22-45)31(47)21-44)51-33-16-24(2)29(39-19-28-8-5-6-14-43(28)23-46)18-32(33)50-15-7-9-35(48)40-27-17-30(42(3)20-27)37(49)41-26-12-10-25(38)11-13-26/h10-13,16-20,23,28,31,34,36,44-45,47H,4-9,14-15,21-22,38H2,1-3H3,(H,40,48)(H,41,49). The Labute approximate surface area is 303 Å². The van der Waals surface area contributed by atoms with Crippen molar-refractivity contribution in [1.29, 1.82) is 0 Å². The lowest BCUT2D eigenvalue weighted by Crippen LogP contribution is -2.39. The fourth-order valence-corrected chi connectivity index (χ4v) is 5.61. The van der Waals surface area contributed by atoms with Crippen molar-refractivity contribution in [2.45, 2.75) is 76.9 Å². The number of nitrogen functional groups attached to an aromatic ring is 1. The van der Waals surface area contributed by atoms with Gasteiger partial charge in [0.25, 0.3) is 5.91 Å². The van der Waals surface area contributed by atoms with Gasteiger partial charge in [-0.05, 0) is 74.6 Å². The van der Waals surface area contributed by atoms with E-state index in [0.717, 1.165) is 31.2 Å². The van der Waals surface area contributed by atoms with Crippen molar-refractivity contribution in [2.75, 3.05) is 42.7 Å². The Bertz CT molecular complexity index is 1660. The predicted octanol–water partition coefficient (Wildman–Crippen LogP) is 3.52. The number of aromatic nitrogens is 1.